The first-order valence-corrected chi connectivity index (χ1v) is 9.69. The van der Waals surface area contributed by atoms with Gasteiger partial charge in [0.05, 0.1) is 12.0 Å². The molecule has 2 rings (SSSR count). The molecule has 0 bridgehead atoms. The number of ether oxygens (including phenoxy) is 2. The SMILES string of the molecule is COC(=O)Nc1ccc(S(=O)(=O)NC[C@H](OC)c2ccc(C)s2)cc1. The Labute approximate surface area is 151 Å². The van der Waals surface area contributed by atoms with Gasteiger partial charge in [-0.05, 0) is 43.3 Å². The van der Waals surface area contributed by atoms with Crippen LogP contribution in [0.1, 0.15) is 15.9 Å². The van der Waals surface area contributed by atoms with Crippen molar-refractivity contribution in [2.24, 2.45) is 0 Å². The summed E-state index contributed by atoms with van der Waals surface area (Å²) in [5, 5.41) is 2.46. The first-order valence-electron chi connectivity index (χ1n) is 7.39. The van der Waals surface area contributed by atoms with Gasteiger partial charge in [0.1, 0.15) is 6.10 Å². The summed E-state index contributed by atoms with van der Waals surface area (Å²) < 4.78 is 37.2. The van der Waals surface area contributed by atoms with Crippen molar-refractivity contribution >= 4 is 33.1 Å². The zero-order valence-corrected chi connectivity index (χ0v) is 15.7. The third-order valence-corrected chi connectivity index (χ3v) is 5.95. The topological polar surface area (TPSA) is 93.7 Å². The zero-order valence-electron chi connectivity index (χ0n) is 14.1. The van der Waals surface area contributed by atoms with E-state index in [9.17, 15) is 13.2 Å². The maximum absolute atomic E-state index is 12.4. The first-order chi connectivity index (χ1) is 11.9. The van der Waals surface area contributed by atoms with Crippen molar-refractivity contribution in [1.29, 1.82) is 0 Å². The van der Waals surface area contributed by atoms with E-state index < -0.39 is 16.1 Å². The van der Waals surface area contributed by atoms with Crippen LogP contribution in [0, 0.1) is 6.92 Å². The lowest BCUT2D eigenvalue weighted by molar-refractivity contribution is 0.110. The van der Waals surface area contributed by atoms with Gasteiger partial charge in [-0.1, -0.05) is 0 Å². The molecular formula is C16H20N2O5S2. The fraction of sp³-hybridized carbons (Fsp3) is 0.312. The Morgan fingerprint density at radius 2 is 1.84 bits per heavy atom. The van der Waals surface area contributed by atoms with Gasteiger partial charge in [-0.3, -0.25) is 5.32 Å². The third kappa shape index (κ3) is 5.27. The average molecular weight is 384 g/mol. The summed E-state index contributed by atoms with van der Waals surface area (Å²) in [6.45, 7) is 2.11. The lowest BCUT2D eigenvalue weighted by Gasteiger charge is -2.15. The third-order valence-electron chi connectivity index (χ3n) is 3.42. The van der Waals surface area contributed by atoms with Crippen molar-refractivity contribution in [2.75, 3.05) is 26.1 Å². The maximum Gasteiger partial charge on any atom is 0.411 e. The fourth-order valence-electron chi connectivity index (χ4n) is 2.08. The lowest BCUT2D eigenvalue weighted by Crippen LogP contribution is -2.29. The van der Waals surface area contributed by atoms with Gasteiger partial charge in [0.25, 0.3) is 0 Å². The number of methoxy groups -OCH3 is 2. The van der Waals surface area contributed by atoms with Gasteiger partial charge in [-0.2, -0.15) is 0 Å². The van der Waals surface area contributed by atoms with Crippen LogP contribution < -0.4 is 10.0 Å². The van der Waals surface area contributed by atoms with E-state index in [4.69, 9.17) is 4.74 Å². The Hall–Kier alpha value is -1.94. The molecule has 0 spiro atoms. The molecule has 0 unspecified atom stereocenters. The second-order valence-electron chi connectivity index (χ2n) is 5.17. The van der Waals surface area contributed by atoms with E-state index in [2.05, 4.69) is 14.8 Å². The van der Waals surface area contributed by atoms with Crippen molar-refractivity contribution in [3.8, 4) is 0 Å². The highest BCUT2D eigenvalue weighted by molar-refractivity contribution is 7.89. The standard InChI is InChI=1S/C16H20N2O5S2/c1-11-4-9-15(24-11)14(22-2)10-17-25(20,21)13-7-5-12(6-8-13)18-16(19)23-3/h4-9,14,17H,10H2,1-3H3,(H,18,19)/t14-/m0/s1. The number of aryl methyl sites for hydroxylation is 1. The summed E-state index contributed by atoms with van der Waals surface area (Å²) in [4.78, 5) is 13.3. The normalized spacial score (nSPS) is 12.6. The predicted octanol–water partition coefficient (Wildman–Crippen LogP) is 2.90. The van der Waals surface area contributed by atoms with Gasteiger partial charge in [0.2, 0.25) is 10.0 Å². The van der Waals surface area contributed by atoms with Crippen LogP contribution in [0.4, 0.5) is 10.5 Å². The molecule has 1 atom stereocenters. The minimum absolute atomic E-state index is 0.0973. The molecule has 136 valence electrons. The van der Waals surface area contributed by atoms with Crippen LogP contribution in [-0.2, 0) is 19.5 Å². The Morgan fingerprint density at radius 3 is 2.36 bits per heavy atom. The van der Waals surface area contributed by atoms with E-state index in [0.717, 1.165) is 9.75 Å². The summed E-state index contributed by atoms with van der Waals surface area (Å²) in [6, 6.07) is 9.68. The maximum atomic E-state index is 12.4. The Balaban J connectivity index is 2.04. The van der Waals surface area contributed by atoms with Crippen LogP contribution >= 0.6 is 11.3 Å². The number of anilines is 1. The molecule has 0 radical (unpaired) electrons. The van der Waals surface area contributed by atoms with Gasteiger partial charge in [0.15, 0.2) is 0 Å². The number of rotatable bonds is 7. The van der Waals surface area contributed by atoms with E-state index >= 15 is 0 Å². The van der Waals surface area contributed by atoms with Crippen LogP contribution in [-0.4, -0.2) is 35.3 Å². The highest BCUT2D eigenvalue weighted by atomic mass is 32.2. The minimum atomic E-state index is -3.69. The average Bonchev–Trinajstić information content (AvgIpc) is 3.02. The molecule has 7 nitrogen and oxygen atoms in total. The van der Waals surface area contributed by atoms with Gasteiger partial charge < -0.3 is 9.47 Å². The van der Waals surface area contributed by atoms with Crippen molar-refractivity contribution in [2.45, 2.75) is 17.9 Å². The monoisotopic (exact) mass is 384 g/mol. The summed E-state index contributed by atoms with van der Waals surface area (Å²) >= 11 is 1.56. The second-order valence-corrected chi connectivity index (χ2v) is 8.25. The van der Waals surface area contributed by atoms with Crippen LogP contribution in [0.2, 0.25) is 0 Å². The van der Waals surface area contributed by atoms with Gasteiger partial charge in [-0.15, -0.1) is 11.3 Å². The van der Waals surface area contributed by atoms with Crippen molar-refractivity contribution in [1.82, 2.24) is 4.72 Å². The van der Waals surface area contributed by atoms with Gasteiger partial charge >= 0.3 is 6.09 Å². The predicted molar refractivity (Wildman–Crippen MR) is 96.5 cm³/mol. The van der Waals surface area contributed by atoms with E-state index in [1.165, 1.54) is 31.4 Å². The quantitative estimate of drug-likeness (QED) is 0.765. The largest absolute Gasteiger partial charge is 0.453 e. The number of amides is 1. The summed E-state index contributed by atoms with van der Waals surface area (Å²) in [5.41, 5.74) is 0.439. The number of hydrogen-bond donors (Lipinski definition) is 2. The molecule has 2 aromatic rings. The number of thiophene rings is 1. The second kappa shape index (κ2) is 8.43. The number of nitrogens with one attached hydrogen (secondary N) is 2. The molecule has 1 aromatic heterocycles. The molecule has 0 aliphatic carbocycles. The number of carbonyl (C=O) groups is 1. The van der Waals surface area contributed by atoms with Crippen molar-refractivity contribution < 1.29 is 22.7 Å². The summed E-state index contributed by atoms with van der Waals surface area (Å²) in [5.74, 6) is 0. The number of sulfonamides is 1. The first kappa shape index (κ1) is 19.4. The molecule has 0 fully saturated rings. The van der Waals surface area contributed by atoms with Crippen LogP contribution in [0.25, 0.3) is 0 Å². The smallest absolute Gasteiger partial charge is 0.411 e. The minimum Gasteiger partial charge on any atom is -0.453 e. The highest BCUT2D eigenvalue weighted by Crippen LogP contribution is 2.25. The van der Waals surface area contributed by atoms with Gasteiger partial charge in [-0.25, -0.2) is 17.9 Å². The Morgan fingerprint density at radius 1 is 1.16 bits per heavy atom. The molecule has 1 heterocycles. The molecular weight excluding hydrogens is 364 g/mol. The molecule has 9 heteroatoms. The van der Waals surface area contributed by atoms with E-state index in [-0.39, 0.29) is 17.5 Å². The Bertz CT molecular complexity index is 815. The fourth-order valence-corrected chi connectivity index (χ4v) is 4.07. The number of carbonyl (C=O) groups excluding carboxylic acids is 1. The van der Waals surface area contributed by atoms with E-state index in [1.54, 1.807) is 18.4 Å². The molecule has 0 saturated carbocycles. The molecule has 0 saturated heterocycles. The van der Waals surface area contributed by atoms with E-state index in [1.807, 2.05) is 19.1 Å². The Kier molecular flexibility index (Phi) is 6.54. The number of hydrogen-bond acceptors (Lipinski definition) is 6. The van der Waals surface area contributed by atoms with E-state index in [0.29, 0.717) is 5.69 Å². The molecule has 1 aromatic carbocycles. The molecule has 0 aliphatic heterocycles. The summed E-state index contributed by atoms with van der Waals surface area (Å²) in [6.07, 6.45) is -0.975. The summed E-state index contributed by atoms with van der Waals surface area (Å²) in [7, 11) is -0.894. The number of benzene rings is 1. The van der Waals surface area contributed by atoms with Crippen LogP contribution in [0.3, 0.4) is 0 Å². The van der Waals surface area contributed by atoms with Crippen molar-refractivity contribution in [3.05, 3.63) is 46.2 Å². The molecule has 0 aliphatic rings. The molecule has 1 amide bonds. The lowest BCUT2D eigenvalue weighted by atomic mass is 10.3. The zero-order chi connectivity index (χ0) is 18.4. The molecule has 25 heavy (non-hydrogen) atoms. The van der Waals surface area contributed by atoms with Crippen molar-refractivity contribution in [3.63, 3.8) is 0 Å². The van der Waals surface area contributed by atoms with Crippen LogP contribution in [0.15, 0.2) is 41.3 Å². The highest BCUT2D eigenvalue weighted by Gasteiger charge is 2.19. The van der Waals surface area contributed by atoms with Crippen LogP contribution in [0.5, 0.6) is 0 Å². The molecule has 2 N–H and O–H groups in total. The van der Waals surface area contributed by atoms with Gasteiger partial charge in [0, 0.05) is 29.1 Å².